The molecule has 0 aliphatic rings. The van der Waals surface area contributed by atoms with Gasteiger partial charge in [-0.2, -0.15) is 0 Å². The number of hydrogen-bond acceptors (Lipinski definition) is 5. The average molecular weight is 465 g/mol. The van der Waals surface area contributed by atoms with Crippen LogP contribution in [0.5, 0.6) is 5.88 Å². The number of nitrogens with zero attached hydrogens (tertiary/aromatic N) is 4. The standard InChI is InChI=1S/C26H29FN4O3/c1-14(2)19-12-31(22-10-23(34-7)28-11-15(22)3)24(32)17-9-20(27)18(8-16(17)19)21-13-30(6)25(29-21)26(4,5)33/h8-14,33H,1-7H3. The van der Waals surface area contributed by atoms with E-state index in [0.717, 1.165) is 11.1 Å². The Morgan fingerprint density at radius 1 is 1.15 bits per heavy atom. The van der Waals surface area contributed by atoms with Crippen molar-refractivity contribution in [1.29, 1.82) is 0 Å². The van der Waals surface area contributed by atoms with Crippen LogP contribution in [0.3, 0.4) is 0 Å². The second-order valence-corrected chi connectivity index (χ2v) is 9.42. The zero-order valence-corrected chi connectivity index (χ0v) is 20.5. The Hall–Kier alpha value is -3.52. The van der Waals surface area contributed by atoms with Gasteiger partial charge >= 0.3 is 0 Å². The molecule has 1 aromatic carbocycles. The number of aliphatic hydroxyl groups is 1. The van der Waals surface area contributed by atoms with Gasteiger partial charge in [0.15, 0.2) is 0 Å². The molecule has 1 N–H and O–H groups in total. The second-order valence-electron chi connectivity index (χ2n) is 9.42. The van der Waals surface area contributed by atoms with Crippen molar-refractivity contribution in [2.45, 2.75) is 46.1 Å². The molecule has 0 amide bonds. The third kappa shape index (κ3) is 3.98. The Bertz CT molecular complexity index is 1460. The SMILES string of the molecule is COc1cc(-n2cc(C(C)C)c3cc(-c4cn(C)c(C(C)(C)O)n4)c(F)cc3c2=O)c(C)cn1. The van der Waals surface area contributed by atoms with Crippen molar-refractivity contribution in [3.63, 3.8) is 0 Å². The summed E-state index contributed by atoms with van der Waals surface area (Å²) < 4.78 is 23.9. The van der Waals surface area contributed by atoms with E-state index in [1.165, 1.54) is 17.7 Å². The summed E-state index contributed by atoms with van der Waals surface area (Å²) in [5.74, 6) is 0.315. The van der Waals surface area contributed by atoms with Gasteiger partial charge in [-0.1, -0.05) is 13.8 Å². The molecule has 7 nitrogen and oxygen atoms in total. The smallest absolute Gasteiger partial charge is 0.263 e. The first-order valence-electron chi connectivity index (χ1n) is 11.1. The molecule has 0 unspecified atom stereocenters. The quantitative estimate of drug-likeness (QED) is 0.467. The fourth-order valence-electron chi connectivity index (χ4n) is 4.25. The van der Waals surface area contributed by atoms with E-state index in [2.05, 4.69) is 9.97 Å². The average Bonchev–Trinajstić information content (AvgIpc) is 3.16. The van der Waals surface area contributed by atoms with Gasteiger partial charge in [-0.3, -0.25) is 9.36 Å². The van der Waals surface area contributed by atoms with Crippen LogP contribution >= 0.6 is 0 Å². The summed E-state index contributed by atoms with van der Waals surface area (Å²) in [4.78, 5) is 22.2. The number of aromatic nitrogens is 4. The molecule has 34 heavy (non-hydrogen) atoms. The van der Waals surface area contributed by atoms with E-state index >= 15 is 4.39 Å². The Morgan fingerprint density at radius 2 is 1.85 bits per heavy atom. The predicted octanol–water partition coefficient (Wildman–Crippen LogP) is 4.59. The molecule has 0 saturated carbocycles. The summed E-state index contributed by atoms with van der Waals surface area (Å²) in [5, 5.41) is 11.3. The maximum atomic E-state index is 15.4. The van der Waals surface area contributed by atoms with Gasteiger partial charge in [0.1, 0.15) is 17.2 Å². The Morgan fingerprint density at radius 3 is 2.44 bits per heavy atom. The van der Waals surface area contributed by atoms with Crippen LogP contribution in [0, 0.1) is 12.7 Å². The third-order valence-electron chi connectivity index (χ3n) is 5.98. The summed E-state index contributed by atoms with van der Waals surface area (Å²) in [6.07, 6.45) is 5.13. The molecule has 0 fully saturated rings. The highest BCUT2D eigenvalue weighted by atomic mass is 19.1. The Balaban J connectivity index is 2.01. The number of aryl methyl sites for hydroxylation is 2. The van der Waals surface area contributed by atoms with Crippen LogP contribution in [0.15, 0.2) is 41.6 Å². The number of rotatable bonds is 5. The molecule has 0 radical (unpaired) electrons. The van der Waals surface area contributed by atoms with E-state index in [1.54, 1.807) is 56.2 Å². The molecule has 0 saturated heterocycles. The van der Waals surface area contributed by atoms with E-state index in [9.17, 15) is 9.90 Å². The zero-order valence-electron chi connectivity index (χ0n) is 20.5. The van der Waals surface area contributed by atoms with Crippen LogP contribution in [0.4, 0.5) is 4.39 Å². The lowest BCUT2D eigenvalue weighted by Gasteiger charge is -2.17. The van der Waals surface area contributed by atoms with Gasteiger partial charge in [0.2, 0.25) is 5.88 Å². The van der Waals surface area contributed by atoms with Gasteiger partial charge in [-0.15, -0.1) is 0 Å². The van der Waals surface area contributed by atoms with Crippen LogP contribution in [0.25, 0.3) is 27.7 Å². The second kappa shape index (κ2) is 8.36. The third-order valence-corrected chi connectivity index (χ3v) is 5.98. The molecule has 178 valence electrons. The first-order chi connectivity index (χ1) is 15.9. The molecule has 8 heteroatoms. The topological polar surface area (TPSA) is 82.2 Å². The fraction of sp³-hybridized carbons (Fsp3) is 0.346. The number of benzene rings is 1. The highest BCUT2D eigenvalue weighted by Gasteiger charge is 2.24. The summed E-state index contributed by atoms with van der Waals surface area (Å²) in [5.41, 5.74) is 1.48. The number of hydrogen-bond donors (Lipinski definition) is 1. The number of fused-ring (bicyclic) bond motifs is 1. The van der Waals surface area contributed by atoms with Crippen molar-refractivity contribution in [2.75, 3.05) is 7.11 Å². The normalized spacial score (nSPS) is 12.1. The minimum atomic E-state index is -1.18. The monoisotopic (exact) mass is 464 g/mol. The lowest BCUT2D eigenvalue weighted by molar-refractivity contribution is 0.0659. The lowest BCUT2D eigenvalue weighted by Crippen LogP contribution is -2.21. The van der Waals surface area contributed by atoms with Gasteiger partial charge in [-0.25, -0.2) is 14.4 Å². The molecule has 0 aliphatic heterocycles. The highest BCUT2D eigenvalue weighted by Crippen LogP contribution is 2.32. The maximum absolute atomic E-state index is 15.4. The number of imidazole rings is 1. The van der Waals surface area contributed by atoms with Gasteiger partial charge in [0.05, 0.1) is 23.9 Å². The van der Waals surface area contributed by atoms with E-state index in [1.807, 2.05) is 20.8 Å². The van der Waals surface area contributed by atoms with E-state index < -0.39 is 11.4 Å². The summed E-state index contributed by atoms with van der Waals surface area (Å²) >= 11 is 0. The molecule has 0 atom stereocenters. The molecule has 4 aromatic rings. The summed E-state index contributed by atoms with van der Waals surface area (Å²) in [6.45, 7) is 9.18. The fourth-order valence-corrected chi connectivity index (χ4v) is 4.25. The van der Waals surface area contributed by atoms with Gasteiger partial charge in [0.25, 0.3) is 5.56 Å². The van der Waals surface area contributed by atoms with Crippen LogP contribution in [-0.2, 0) is 12.6 Å². The molecule has 3 aromatic heterocycles. The molecule has 3 heterocycles. The van der Waals surface area contributed by atoms with Crippen molar-refractivity contribution in [2.24, 2.45) is 7.05 Å². The number of ether oxygens (including phenoxy) is 1. The van der Waals surface area contributed by atoms with Crippen LogP contribution in [-0.4, -0.2) is 31.3 Å². The van der Waals surface area contributed by atoms with E-state index in [-0.39, 0.29) is 22.4 Å². The van der Waals surface area contributed by atoms with Crippen molar-refractivity contribution in [1.82, 2.24) is 19.1 Å². The highest BCUT2D eigenvalue weighted by molar-refractivity contribution is 5.90. The van der Waals surface area contributed by atoms with Crippen molar-refractivity contribution in [3.8, 4) is 22.8 Å². The maximum Gasteiger partial charge on any atom is 0.263 e. The minimum absolute atomic E-state index is 0.0624. The molecule has 0 spiro atoms. The number of halogens is 1. The molecule has 0 aliphatic carbocycles. The first-order valence-corrected chi connectivity index (χ1v) is 11.1. The molecular formula is C26H29FN4O3. The Labute approximate surface area is 197 Å². The van der Waals surface area contributed by atoms with E-state index in [4.69, 9.17) is 4.74 Å². The van der Waals surface area contributed by atoms with Gasteiger partial charge < -0.3 is 14.4 Å². The summed E-state index contributed by atoms with van der Waals surface area (Å²) in [7, 11) is 3.27. The van der Waals surface area contributed by atoms with Crippen LogP contribution < -0.4 is 10.3 Å². The lowest BCUT2D eigenvalue weighted by atomic mass is 9.95. The van der Waals surface area contributed by atoms with Crippen LogP contribution in [0.1, 0.15) is 50.6 Å². The van der Waals surface area contributed by atoms with Crippen molar-refractivity contribution >= 4 is 10.8 Å². The van der Waals surface area contributed by atoms with Gasteiger partial charge in [-0.05, 0) is 55.3 Å². The predicted molar refractivity (Wildman–Crippen MR) is 130 cm³/mol. The molecule has 0 bridgehead atoms. The van der Waals surface area contributed by atoms with Crippen LogP contribution in [0.2, 0.25) is 0 Å². The first kappa shape index (κ1) is 23.6. The summed E-state index contributed by atoms with van der Waals surface area (Å²) in [6, 6.07) is 4.66. The van der Waals surface area contributed by atoms with Crippen molar-refractivity contribution in [3.05, 3.63) is 69.9 Å². The largest absolute Gasteiger partial charge is 0.481 e. The minimum Gasteiger partial charge on any atom is -0.481 e. The van der Waals surface area contributed by atoms with Crippen molar-refractivity contribution < 1.29 is 14.2 Å². The Kier molecular flexibility index (Phi) is 5.81. The zero-order chi connectivity index (χ0) is 24.9. The molecular weight excluding hydrogens is 435 g/mol. The number of methoxy groups -OCH3 is 1. The number of pyridine rings is 2. The molecule has 4 rings (SSSR count). The van der Waals surface area contributed by atoms with Gasteiger partial charge in [0, 0.05) is 37.3 Å². The van der Waals surface area contributed by atoms with E-state index in [0.29, 0.717) is 28.5 Å².